The number of nitrogens with one attached hydrogen (secondary N) is 1. The standard InChI is InChI=1S/C20H31N3O4S/c1-11-16-15(12(2)24)19(25)23(16)17(20(26)27)18(11)28-14-5-7-22(10-14)9-13-4-3-6-21-8-13/h11-16,21,24H,3-10H2,1-2H3,(H,26,27)/t11-,12?,13?,14-,15-,16-/m1/s1. The predicted molar refractivity (Wildman–Crippen MR) is 108 cm³/mol. The lowest BCUT2D eigenvalue weighted by Crippen LogP contribution is -2.63. The maximum absolute atomic E-state index is 12.4. The molecule has 0 spiro atoms. The summed E-state index contributed by atoms with van der Waals surface area (Å²) in [4.78, 5) is 29.1. The van der Waals surface area contributed by atoms with Crippen LogP contribution < -0.4 is 5.32 Å². The number of aliphatic hydroxyl groups is 1. The molecule has 6 atom stereocenters. The molecule has 3 saturated heterocycles. The molecular formula is C20H31N3O4S. The Morgan fingerprint density at radius 2 is 2.18 bits per heavy atom. The molecule has 1 amide bonds. The number of carbonyl (C=O) groups is 2. The summed E-state index contributed by atoms with van der Waals surface area (Å²) >= 11 is 1.65. The van der Waals surface area contributed by atoms with Crippen LogP contribution in [0.2, 0.25) is 0 Å². The van der Waals surface area contributed by atoms with Crippen LogP contribution in [0, 0.1) is 17.8 Å². The summed E-state index contributed by atoms with van der Waals surface area (Å²) in [6.45, 7) is 8.98. The van der Waals surface area contributed by atoms with Crippen molar-refractivity contribution in [2.24, 2.45) is 17.8 Å². The first-order chi connectivity index (χ1) is 13.4. The zero-order valence-electron chi connectivity index (χ0n) is 16.6. The zero-order chi connectivity index (χ0) is 20.0. The van der Waals surface area contributed by atoms with E-state index >= 15 is 0 Å². The second-order valence-corrected chi connectivity index (χ2v) is 10.1. The Labute approximate surface area is 170 Å². The molecule has 4 aliphatic rings. The molecule has 28 heavy (non-hydrogen) atoms. The van der Waals surface area contributed by atoms with Gasteiger partial charge in [0.25, 0.3) is 0 Å². The Morgan fingerprint density at radius 1 is 1.39 bits per heavy atom. The van der Waals surface area contributed by atoms with E-state index in [9.17, 15) is 19.8 Å². The van der Waals surface area contributed by atoms with E-state index in [2.05, 4.69) is 10.2 Å². The summed E-state index contributed by atoms with van der Waals surface area (Å²) in [5.74, 6) is -1.09. The van der Waals surface area contributed by atoms with Gasteiger partial charge in [0.15, 0.2) is 0 Å². The lowest BCUT2D eigenvalue weighted by atomic mass is 9.79. The van der Waals surface area contributed by atoms with Crippen LogP contribution in [0.25, 0.3) is 0 Å². The van der Waals surface area contributed by atoms with E-state index in [0.717, 1.165) is 44.0 Å². The van der Waals surface area contributed by atoms with Crippen LogP contribution >= 0.6 is 11.8 Å². The number of thioether (sulfide) groups is 1. The monoisotopic (exact) mass is 409 g/mol. The van der Waals surface area contributed by atoms with E-state index in [4.69, 9.17) is 0 Å². The highest BCUT2D eigenvalue weighted by atomic mass is 32.2. The first-order valence-electron chi connectivity index (χ1n) is 10.5. The summed E-state index contributed by atoms with van der Waals surface area (Å²) < 4.78 is 0. The van der Waals surface area contributed by atoms with Crippen molar-refractivity contribution in [1.82, 2.24) is 15.1 Å². The average molecular weight is 410 g/mol. The van der Waals surface area contributed by atoms with Crippen molar-refractivity contribution in [3.05, 3.63) is 10.6 Å². The number of carboxylic acids is 1. The topological polar surface area (TPSA) is 93.1 Å². The quantitative estimate of drug-likeness (QED) is 0.563. The highest BCUT2D eigenvalue weighted by molar-refractivity contribution is 8.03. The Bertz CT molecular complexity index is 676. The average Bonchev–Trinajstić information content (AvgIpc) is 3.17. The van der Waals surface area contributed by atoms with Gasteiger partial charge >= 0.3 is 5.97 Å². The van der Waals surface area contributed by atoms with Crippen LogP contribution in [0.3, 0.4) is 0 Å². The molecule has 4 heterocycles. The summed E-state index contributed by atoms with van der Waals surface area (Å²) in [5.41, 5.74) is 0.152. The molecule has 8 heteroatoms. The number of β-lactam (4-membered cyclic amide) rings is 1. The number of nitrogens with zero attached hydrogens (tertiary/aromatic N) is 2. The van der Waals surface area contributed by atoms with Crippen molar-refractivity contribution >= 4 is 23.6 Å². The molecule has 0 aromatic carbocycles. The number of aliphatic carboxylic acids is 1. The molecule has 0 bridgehead atoms. The first kappa shape index (κ1) is 20.2. The minimum atomic E-state index is -1.03. The Hall–Kier alpha value is -1.09. The number of hydrogen-bond donors (Lipinski definition) is 3. The van der Waals surface area contributed by atoms with Crippen molar-refractivity contribution < 1.29 is 19.8 Å². The van der Waals surface area contributed by atoms with Gasteiger partial charge in [-0.25, -0.2) is 4.79 Å². The van der Waals surface area contributed by atoms with Gasteiger partial charge < -0.3 is 25.3 Å². The molecule has 0 aliphatic carbocycles. The molecule has 2 unspecified atom stereocenters. The Balaban J connectivity index is 1.42. The van der Waals surface area contributed by atoms with Gasteiger partial charge in [-0.1, -0.05) is 6.92 Å². The molecule has 4 rings (SSSR count). The number of hydrogen-bond acceptors (Lipinski definition) is 6. The molecular weight excluding hydrogens is 378 g/mol. The fourth-order valence-electron chi connectivity index (χ4n) is 5.36. The van der Waals surface area contributed by atoms with Crippen LogP contribution in [0.4, 0.5) is 0 Å². The van der Waals surface area contributed by atoms with Gasteiger partial charge in [-0.15, -0.1) is 11.8 Å². The van der Waals surface area contributed by atoms with Gasteiger partial charge in [-0.3, -0.25) is 4.79 Å². The molecule has 0 aromatic heterocycles. The summed E-state index contributed by atoms with van der Waals surface area (Å²) in [5, 5.41) is 23.6. The van der Waals surface area contributed by atoms with Crippen LogP contribution in [0.5, 0.6) is 0 Å². The van der Waals surface area contributed by atoms with E-state index in [1.54, 1.807) is 18.7 Å². The Morgan fingerprint density at radius 3 is 2.82 bits per heavy atom. The Kier molecular flexibility index (Phi) is 5.75. The summed E-state index contributed by atoms with van der Waals surface area (Å²) in [6.07, 6.45) is 2.83. The fraction of sp³-hybridized carbons (Fsp3) is 0.800. The van der Waals surface area contributed by atoms with Crippen LogP contribution in [-0.4, -0.2) is 82.0 Å². The highest BCUT2D eigenvalue weighted by Crippen LogP contribution is 2.51. The zero-order valence-corrected chi connectivity index (χ0v) is 17.5. The number of aliphatic hydroxyl groups excluding tert-OH is 1. The number of carbonyl (C=O) groups excluding carboxylic acids is 1. The predicted octanol–water partition coefficient (Wildman–Crippen LogP) is 0.947. The third kappa shape index (κ3) is 3.49. The maximum atomic E-state index is 12.4. The van der Waals surface area contributed by atoms with Crippen molar-refractivity contribution in [3.8, 4) is 0 Å². The number of piperidine rings is 1. The van der Waals surface area contributed by atoms with Gasteiger partial charge in [0.05, 0.1) is 18.1 Å². The molecule has 7 nitrogen and oxygen atoms in total. The first-order valence-corrected chi connectivity index (χ1v) is 11.3. The van der Waals surface area contributed by atoms with E-state index in [-0.39, 0.29) is 23.6 Å². The van der Waals surface area contributed by atoms with E-state index in [1.165, 1.54) is 17.7 Å². The van der Waals surface area contributed by atoms with Crippen molar-refractivity contribution in [1.29, 1.82) is 0 Å². The van der Waals surface area contributed by atoms with Crippen LogP contribution in [0.1, 0.15) is 33.1 Å². The largest absolute Gasteiger partial charge is 0.477 e. The van der Waals surface area contributed by atoms with Gasteiger partial charge in [0.2, 0.25) is 5.91 Å². The van der Waals surface area contributed by atoms with E-state index in [0.29, 0.717) is 11.2 Å². The third-order valence-electron chi connectivity index (χ3n) is 6.75. The van der Waals surface area contributed by atoms with Gasteiger partial charge in [-0.2, -0.15) is 0 Å². The minimum Gasteiger partial charge on any atom is -0.477 e. The third-order valence-corrected chi connectivity index (χ3v) is 8.29. The second-order valence-electron chi connectivity index (χ2n) is 8.77. The number of carboxylic acid groups (broad SMARTS) is 1. The van der Waals surface area contributed by atoms with Crippen LogP contribution in [-0.2, 0) is 9.59 Å². The van der Waals surface area contributed by atoms with Gasteiger partial charge in [0, 0.05) is 29.2 Å². The molecule has 156 valence electrons. The highest BCUT2D eigenvalue weighted by Gasteiger charge is 2.60. The van der Waals surface area contributed by atoms with Crippen molar-refractivity contribution in [3.63, 3.8) is 0 Å². The van der Waals surface area contributed by atoms with Gasteiger partial charge in [0.1, 0.15) is 5.70 Å². The second kappa shape index (κ2) is 7.97. The van der Waals surface area contributed by atoms with E-state index < -0.39 is 18.0 Å². The van der Waals surface area contributed by atoms with Crippen molar-refractivity contribution in [2.75, 3.05) is 32.7 Å². The number of amides is 1. The number of likely N-dealkylation sites (tertiary alicyclic amines) is 1. The maximum Gasteiger partial charge on any atom is 0.353 e. The molecule has 3 fully saturated rings. The molecule has 0 radical (unpaired) electrons. The van der Waals surface area contributed by atoms with Crippen molar-refractivity contribution in [2.45, 2.75) is 50.5 Å². The minimum absolute atomic E-state index is 0.0370. The molecule has 4 aliphatic heterocycles. The summed E-state index contributed by atoms with van der Waals surface area (Å²) in [6, 6.07) is -0.216. The SMILES string of the molecule is CC(O)[C@H]1C(=O)N2C(C(=O)O)=C(S[C@@H]3CCN(CC4CCCNC4)C3)[C@H](C)[C@H]12. The lowest BCUT2D eigenvalue weighted by molar-refractivity contribution is -0.163. The lowest BCUT2D eigenvalue weighted by Gasteiger charge is -2.46. The molecule has 0 aromatic rings. The van der Waals surface area contributed by atoms with E-state index in [1.807, 2.05) is 6.92 Å². The van der Waals surface area contributed by atoms with Gasteiger partial charge in [-0.05, 0) is 51.7 Å². The van der Waals surface area contributed by atoms with Crippen LogP contribution in [0.15, 0.2) is 10.6 Å². The summed E-state index contributed by atoms with van der Waals surface area (Å²) in [7, 11) is 0. The number of rotatable bonds is 6. The number of fused-ring (bicyclic) bond motifs is 1. The smallest absolute Gasteiger partial charge is 0.353 e. The molecule has 3 N–H and O–H groups in total. The normalized spacial score (nSPS) is 37.2. The fourth-order valence-corrected chi connectivity index (χ4v) is 6.88. The molecule has 0 saturated carbocycles.